The molecule has 0 atom stereocenters. The monoisotopic (exact) mass is 806 g/mol. The number of hydrogen-bond donors (Lipinski definition) is 7. The van der Waals surface area contributed by atoms with Crippen molar-refractivity contribution < 1.29 is 53.3 Å². The first kappa shape index (κ1) is 38.4. The van der Waals surface area contributed by atoms with Crippen molar-refractivity contribution >= 4 is 94.3 Å². The SMILES string of the molecule is Cc1cc(S(=O)(=O)O)ccc1N/N=C1/C(=O)c2ccc(NC(=O)Nc3ccc4c(c3)C=C(S(=O)(=O)O)/C(=N/Nc3ccccc3)C4=O)cc2C=C1S(=O)(=O)O. The number of urea groups is 1. The molecule has 0 spiro atoms. The second kappa shape index (κ2) is 14.5. The van der Waals surface area contributed by atoms with Crippen LogP contribution in [-0.2, 0) is 30.4 Å². The van der Waals surface area contributed by atoms with Gasteiger partial charge in [-0.2, -0.15) is 35.5 Å². The Kier molecular flexibility index (Phi) is 10.1. The summed E-state index contributed by atoms with van der Waals surface area (Å²) in [7, 11) is -14.5. The average Bonchev–Trinajstić information content (AvgIpc) is 3.10. The molecule has 0 radical (unpaired) electrons. The molecule has 0 saturated carbocycles. The van der Waals surface area contributed by atoms with Gasteiger partial charge in [-0.3, -0.25) is 34.1 Å². The van der Waals surface area contributed by atoms with Gasteiger partial charge in [0.2, 0.25) is 11.6 Å². The number of ketones is 2. The second-order valence-corrected chi connectivity index (χ2v) is 16.0. The smallest absolute Gasteiger partial charge is 0.308 e. The Bertz CT molecular complexity index is 2800. The first-order valence-electron chi connectivity index (χ1n) is 15.4. The van der Waals surface area contributed by atoms with Crippen LogP contribution in [0.2, 0.25) is 0 Å². The van der Waals surface area contributed by atoms with Crippen LogP contribution in [0.5, 0.6) is 0 Å². The molecule has 21 heteroatoms. The summed E-state index contributed by atoms with van der Waals surface area (Å²) in [5.41, 5.74) is 4.79. The van der Waals surface area contributed by atoms with Gasteiger partial charge in [0.1, 0.15) is 9.81 Å². The Balaban J connectivity index is 1.22. The molecule has 4 aromatic rings. The lowest BCUT2D eigenvalue weighted by Gasteiger charge is -2.18. The lowest BCUT2D eigenvalue weighted by atomic mass is 9.94. The Morgan fingerprint density at radius 1 is 0.582 bits per heavy atom. The molecular weight excluding hydrogens is 781 g/mol. The Hall–Kier alpha value is -6.36. The number of hydrogen-bond acceptors (Lipinski definition) is 13. The molecular formula is C34H26N6O12S3. The van der Waals surface area contributed by atoms with Gasteiger partial charge in [-0.15, -0.1) is 0 Å². The third-order valence-corrected chi connectivity index (χ3v) is 10.6. The number of hydrazone groups is 2. The number of anilines is 4. The van der Waals surface area contributed by atoms with E-state index >= 15 is 0 Å². The number of para-hydroxylation sites is 1. The van der Waals surface area contributed by atoms with Crippen LogP contribution in [0.4, 0.5) is 27.5 Å². The molecule has 0 heterocycles. The van der Waals surface area contributed by atoms with Crippen LogP contribution in [0.3, 0.4) is 0 Å². The molecule has 18 nitrogen and oxygen atoms in total. The molecule has 0 fully saturated rings. The van der Waals surface area contributed by atoms with Gasteiger partial charge in [0.15, 0.2) is 11.4 Å². The van der Waals surface area contributed by atoms with Crippen LogP contribution in [-0.4, -0.2) is 67.9 Å². The van der Waals surface area contributed by atoms with Crippen LogP contribution in [0.1, 0.15) is 37.4 Å². The highest BCUT2D eigenvalue weighted by Crippen LogP contribution is 2.30. The van der Waals surface area contributed by atoms with E-state index in [4.69, 9.17) is 0 Å². The highest BCUT2D eigenvalue weighted by atomic mass is 32.2. The van der Waals surface area contributed by atoms with Crippen molar-refractivity contribution in [2.45, 2.75) is 11.8 Å². The van der Waals surface area contributed by atoms with E-state index in [0.29, 0.717) is 5.69 Å². The summed E-state index contributed by atoms with van der Waals surface area (Å²) in [6.07, 6.45) is 1.98. The van der Waals surface area contributed by atoms with Crippen molar-refractivity contribution in [2.24, 2.45) is 10.2 Å². The number of carbonyl (C=O) groups excluding carboxylic acids is 3. The first-order chi connectivity index (χ1) is 25.8. The summed E-state index contributed by atoms with van der Waals surface area (Å²) in [5.74, 6) is -1.75. The lowest BCUT2D eigenvalue weighted by molar-refractivity contribution is 0.105. The predicted molar refractivity (Wildman–Crippen MR) is 203 cm³/mol. The van der Waals surface area contributed by atoms with E-state index in [1.165, 1.54) is 49.4 Å². The van der Waals surface area contributed by atoms with Crippen LogP contribution in [0.15, 0.2) is 110 Å². The standard InChI is InChI=1S/C34H26N6O12S3/c1-18-13-24(53(44,45)46)9-12-27(18)38-40-31-29(55(50,51)52)17-20-15-23(8-11-26(20)33(31)42)36-34(43)35-22-7-10-25-19(14-22)16-28(54(47,48)49)30(32(25)41)39-37-21-5-3-2-4-6-21/h2-17,37-38H,1H3,(H2,35,36,43)(H,44,45,46)(H,47,48,49)(H,50,51,52)/b39-30-,40-31+. The van der Waals surface area contributed by atoms with Crippen LogP contribution < -0.4 is 21.5 Å². The number of allylic oxidation sites excluding steroid dienone is 2. The van der Waals surface area contributed by atoms with E-state index in [1.54, 1.807) is 30.3 Å². The number of nitrogens with one attached hydrogen (secondary N) is 4. The number of carbonyl (C=O) groups is 3. The zero-order valence-electron chi connectivity index (χ0n) is 27.9. The number of aryl methyl sites for hydroxylation is 1. The molecule has 0 bridgehead atoms. The normalized spacial score (nSPS) is 15.8. The molecule has 0 saturated heterocycles. The molecule has 0 unspecified atom stereocenters. The van der Waals surface area contributed by atoms with E-state index in [9.17, 15) is 53.3 Å². The Morgan fingerprint density at radius 2 is 1.07 bits per heavy atom. The topological polar surface area (TPSA) is 287 Å². The summed E-state index contributed by atoms with van der Waals surface area (Å²) in [5, 5.41) is 12.8. The largest absolute Gasteiger partial charge is 0.323 e. The fraction of sp³-hybridized carbons (Fsp3) is 0.0294. The van der Waals surface area contributed by atoms with E-state index in [0.717, 1.165) is 24.3 Å². The minimum Gasteiger partial charge on any atom is -0.308 e. The van der Waals surface area contributed by atoms with Crippen molar-refractivity contribution in [2.75, 3.05) is 21.5 Å². The summed E-state index contributed by atoms with van der Waals surface area (Å²) >= 11 is 0. The van der Waals surface area contributed by atoms with E-state index < -0.39 is 74.1 Å². The molecule has 2 aliphatic rings. The molecule has 0 aliphatic heterocycles. The van der Waals surface area contributed by atoms with Crippen molar-refractivity contribution in [3.8, 4) is 0 Å². The van der Waals surface area contributed by atoms with E-state index in [1.807, 2.05) is 0 Å². The minimum absolute atomic E-state index is 0.0162. The van der Waals surface area contributed by atoms with Gasteiger partial charge in [-0.25, -0.2) is 4.79 Å². The van der Waals surface area contributed by atoms with Crippen molar-refractivity contribution in [1.82, 2.24) is 0 Å². The molecule has 282 valence electrons. The van der Waals surface area contributed by atoms with Gasteiger partial charge in [0.05, 0.1) is 16.3 Å². The first-order valence-corrected chi connectivity index (χ1v) is 19.8. The molecule has 4 aromatic carbocycles. The minimum atomic E-state index is -5.05. The number of amides is 2. The maximum Gasteiger partial charge on any atom is 0.323 e. The second-order valence-electron chi connectivity index (χ2n) is 11.8. The summed E-state index contributed by atoms with van der Waals surface area (Å²) in [6, 6.07) is 18.7. The fourth-order valence-electron chi connectivity index (χ4n) is 5.40. The number of fused-ring (bicyclic) bond motifs is 2. The van der Waals surface area contributed by atoms with E-state index in [2.05, 4.69) is 31.7 Å². The highest BCUT2D eigenvalue weighted by molar-refractivity contribution is 7.91. The molecule has 0 aromatic heterocycles. The van der Waals surface area contributed by atoms with Crippen molar-refractivity contribution in [3.63, 3.8) is 0 Å². The Morgan fingerprint density at radius 3 is 1.53 bits per heavy atom. The third kappa shape index (κ3) is 8.41. The Labute approximate surface area is 312 Å². The van der Waals surface area contributed by atoms with Gasteiger partial charge in [0, 0.05) is 22.5 Å². The number of Topliss-reactive ketones (excluding diaryl/α,β-unsaturated/α-hetero) is 2. The van der Waals surface area contributed by atoms with Crippen LogP contribution in [0, 0.1) is 6.92 Å². The summed E-state index contributed by atoms with van der Waals surface area (Å²) in [4.78, 5) is 37.6. The zero-order chi connectivity index (χ0) is 39.9. The maximum absolute atomic E-state index is 13.4. The molecule has 2 aliphatic carbocycles. The van der Waals surface area contributed by atoms with Gasteiger partial charge in [0.25, 0.3) is 30.4 Å². The lowest BCUT2D eigenvalue weighted by Crippen LogP contribution is -2.27. The predicted octanol–water partition coefficient (Wildman–Crippen LogP) is 4.67. The van der Waals surface area contributed by atoms with E-state index in [-0.39, 0.29) is 44.9 Å². The summed E-state index contributed by atoms with van der Waals surface area (Å²) < 4.78 is 101. The fourth-order valence-corrected chi connectivity index (χ4v) is 7.28. The van der Waals surface area contributed by atoms with Gasteiger partial charge < -0.3 is 10.6 Å². The summed E-state index contributed by atoms with van der Waals surface area (Å²) in [6.45, 7) is 1.46. The van der Waals surface area contributed by atoms with Gasteiger partial charge in [-0.05, 0) is 102 Å². The number of benzene rings is 4. The van der Waals surface area contributed by atoms with Crippen molar-refractivity contribution in [3.05, 3.63) is 123 Å². The number of rotatable bonds is 9. The average molecular weight is 807 g/mol. The maximum atomic E-state index is 13.4. The van der Waals surface area contributed by atoms with Gasteiger partial charge >= 0.3 is 6.03 Å². The van der Waals surface area contributed by atoms with Crippen LogP contribution in [0.25, 0.3) is 12.2 Å². The zero-order valence-corrected chi connectivity index (χ0v) is 30.3. The highest BCUT2D eigenvalue weighted by Gasteiger charge is 2.34. The number of nitrogens with zero attached hydrogens (tertiary/aromatic N) is 2. The van der Waals surface area contributed by atoms with Crippen LogP contribution >= 0.6 is 0 Å². The molecule has 7 N–H and O–H groups in total. The quantitative estimate of drug-likeness (QED) is 0.0894. The van der Waals surface area contributed by atoms with Crippen molar-refractivity contribution in [1.29, 1.82) is 0 Å². The third-order valence-electron chi connectivity index (χ3n) is 7.99. The molecule has 2 amide bonds. The van der Waals surface area contributed by atoms with Gasteiger partial charge in [-0.1, -0.05) is 18.2 Å². The molecule has 55 heavy (non-hydrogen) atoms. The molecule has 6 rings (SSSR count).